The first-order valence-corrected chi connectivity index (χ1v) is 9.27. The average Bonchev–Trinajstić information content (AvgIpc) is 3.24. The van der Waals surface area contributed by atoms with Crippen LogP contribution in [0.5, 0.6) is 5.75 Å². The zero-order valence-electron chi connectivity index (χ0n) is 14.8. The maximum atomic E-state index is 11.3. The molecule has 3 nitrogen and oxygen atoms in total. The van der Waals surface area contributed by atoms with Crippen molar-refractivity contribution in [3.8, 4) is 5.75 Å². The van der Waals surface area contributed by atoms with E-state index in [0.29, 0.717) is 12.5 Å². The molecule has 2 atom stereocenters. The number of carbonyl (C=O) groups excluding carboxylic acids is 1. The number of fused-ring (bicyclic) bond motifs is 1. The van der Waals surface area contributed by atoms with Gasteiger partial charge in [0.15, 0.2) is 0 Å². The predicted molar refractivity (Wildman–Crippen MR) is 98.9 cm³/mol. The fourth-order valence-corrected chi connectivity index (χ4v) is 4.19. The summed E-state index contributed by atoms with van der Waals surface area (Å²) in [6, 6.07) is 17.1. The van der Waals surface area contributed by atoms with Crippen molar-refractivity contribution in [3.63, 3.8) is 0 Å². The molecule has 3 heteroatoms. The number of benzene rings is 2. The Balaban J connectivity index is 1.56. The summed E-state index contributed by atoms with van der Waals surface area (Å²) in [5.41, 5.74) is 3.78. The highest BCUT2D eigenvalue weighted by atomic mass is 16.5. The molecular weight excluding hydrogens is 310 g/mol. The van der Waals surface area contributed by atoms with Crippen LogP contribution in [-0.2, 0) is 17.6 Å². The second-order valence-electron chi connectivity index (χ2n) is 7.27. The van der Waals surface area contributed by atoms with E-state index in [-0.39, 0.29) is 11.9 Å². The van der Waals surface area contributed by atoms with E-state index in [1.165, 1.54) is 37.1 Å². The summed E-state index contributed by atoms with van der Waals surface area (Å²) in [7, 11) is 0. The summed E-state index contributed by atoms with van der Waals surface area (Å²) >= 11 is 0. The Morgan fingerprint density at radius 2 is 1.80 bits per heavy atom. The zero-order chi connectivity index (χ0) is 17.2. The molecule has 2 aromatic rings. The summed E-state index contributed by atoms with van der Waals surface area (Å²) in [4.78, 5) is 13.9. The van der Waals surface area contributed by atoms with Gasteiger partial charge in [-0.1, -0.05) is 36.4 Å². The number of carbonyl (C=O) groups is 1. The van der Waals surface area contributed by atoms with Crippen LogP contribution < -0.4 is 4.74 Å². The number of hydrogen-bond donors (Lipinski definition) is 0. The van der Waals surface area contributed by atoms with Gasteiger partial charge < -0.3 is 4.74 Å². The van der Waals surface area contributed by atoms with Crippen molar-refractivity contribution in [1.29, 1.82) is 0 Å². The summed E-state index contributed by atoms with van der Waals surface area (Å²) in [5, 5.41) is 0. The molecule has 0 bridgehead atoms. The molecule has 130 valence electrons. The summed E-state index contributed by atoms with van der Waals surface area (Å²) in [5.74, 6) is 1.07. The molecule has 0 N–H and O–H groups in total. The standard InChI is InChI=1S/C22H25NO2/c1-16(24)14-17-8-10-19(11-9-17)25-22-20-7-3-2-6-18(20)15-21(22)23-12-4-5-13-23/h2-3,6-11,21-22H,4-5,12-15H2,1H3. The molecule has 1 aliphatic heterocycles. The van der Waals surface area contributed by atoms with Gasteiger partial charge in [0, 0.05) is 6.42 Å². The van der Waals surface area contributed by atoms with Crippen LogP contribution in [0.2, 0.25) is 0 Å². The Kier molecular flexibility index (Phi) is 4.58. The Morgan fingerprint density at radius 3 is 2.52 bits per heavy atom. The van der Waals surface area contributed by atoms with E-state index >= 15 is 0 Å². The lowest BCUT2D eigenvalue weighted by atomic mass is 10.1. The van der Waals surface area contributed by atoms with E-state index in [2.05, 4.69) is 29.2 Å². The van der Waals surface area contributed by atoms with E-state index in [1.54, 1.807) is 6.92 Å². The fourth-order valence-electron chi connectivity index (χ4n) is 4.19. The maximum Gasteiger partial charge on any atom is 0.140 e. The number of likely N-dealkylation sites (tertiary alicyclic amines) is 1. The molecule has 1 saturated heterocycles. The van der Waals surface area contributed by atoms with E-state index in [4.69, 9.17) is 4.74 Å². The first kappa shape index (κ1) is 16.3. The first-order chi connectivity index (χ1) is 12.2. The third-order valence-electron chi connectivity index (χ3n) is 5.39. The van der Waals surface area contributed by atoms with Crippen LogP contribution in [0.1, 0.15) is 42.6 Å². The van der Waals surface area contributed by atoms with E-state index in [1.807, 2.05) is 24.3 Å². The lowest BCUT2D eigenvalue weighted by Crippen LogP contribution is -2.38. The van der Waals surface area contributed by atoms with Gasteiger partial charge in [0.25, 0.3) is 0 Å². The Morgan fingerprint density at radius 1 is 1.08 bits per heavy atom. The van der Waals surface area contributed by atoms with E-state index in [9.17, 15) is 4.79 Å². The van der Waals surface area contributed by atoms with Gasteiger partial charge in [-0.25, -0.2) is 0 Å². The van der Waals surface area contributed by atoms with Gasteiger partial charge in [-0.2, -0.15) is 0 Å². The van der Waals surface area contributed by atoms with Crippen LogP contribution in [0.4, 0.5) is 0 Å². The topological polar surface area (TPSA) is 29.5 Å². The summed E-state index contributed by atoms with van der Waals surface area (Å²) < 4.78 is 6.46. The van der Waals surface area contributed by atoms with Crippen molar-refractivity contribution in [2.45, 2.75) is 44.8 Å². The second kappa shape index (κ2) is 7.01. The third-order valence-corrected chi connectivity index (χ3v) is 5.39. The highest BCUT2D eigenvalue weighted by Gasteiger charge is 2.38. The largest absolute Gasteiger partial charge is 0.484 e. The molecule has 2 aliphatic rings. The van der Waals surface area contributed by atoms with Gasteiger partial charge in [-0.05, 0) is 68.1 Å². The van der Waals surface area contributed by atoms with Crippen LogP contribution in [0, 0.1) is 0 Å². The van der Waals surface area contributed by atoms with Gasteiger partial charge in [0.2, 0.25) is 0 Å². The highest BCUT2D eigenvalue weighted by Crippen LogP contribution is 2.39. The summed E-state index contributed by atoms with van der Waals surface area (Å²) in [6.07, 6.45) is 4.23. The van der Waals surface area contributed by atoms with Crippen LogP contribution in [0.15, 0.2) is 48.5 Å². The number of ether oxygens (including phenoxy) is 1. The molecule has 0 spiro atoms. The second-order valence-corrected chi connectivity index (χ2v) is 7.27. The third kappa shape index (κ3) is 3.47. The zero-order valence-corrected chi connectivity index (χ0v) is 14.8. The van der Waals surface area contributed by atoms with Crippen LogP contribution in [0.25, 0.3) is 0 Å². The van der Waals surface area contributed by atoms with E-state index in [0.717, 1.165) is 17.7 Å². The molecule has 0 radical (unpaired) electrons. The first-order valence-electron chi connectivity index (χ1n) is 9.27. The van der Waals surface area contributed by atoms with Gasteiger partial charge in [0.05, 0.1) is 6.04 Å². The van der Waals surface area contributed by atoms with Gasteiger partial charge in [-0.3, -0.25) is 9.69 Å². The molecule has 1 fully saturated rings. The molecule has 1 aliphatic carbocycles. The molecule has 1 heterocycles. The number of rotatable bonds is 5. The van der Waals surface area contributed by atoms with Crippen molar-refractivity contribution in [1.82, 2.24) is 4.90 Å². The molecule has 25 heavy (non-hydrogen) atoms. The highest BCUT2D eigenvalue weighted by molar-refractivity contribution is 5.78. The minimum absolute atomic E-state index is 0.0907. The molecule has 4 rings (SSSR count). The minimum Gasteiger partial charge on any atom is -0.484 e. The van der Waals surface area contributed by atoms with Gasteiger partial charge in [0.1, 0.15) is 17.6 Å². The summed E-state index contributed by atoms with van der Waals surface area (Å²) in [6.45, 7) is 3.98. The van der Waals surface area contributed by atoms with Crippen molar-refractivity contribution in [2.24, 2.45) is 0 Å². The molecule has 2 unspecified atom stereocenters. The van der Waals surface area contributed by atoms with Crippen LogP contribution in [0.3, 0.4) is 0 Å². The van der Waals surface area contributed by atoms with E-state index < -0.39 is 0 Å². The number of ketones is 1. The van der Waals surface area contributed by atoms with Gasteiger partial charge >= 0.3 is 0 Å². The molecular formula is C22H25NO2. The lowest BCUT2D eigenvalue weighted by Gasteiger charge is -2.30. The van der Waals surface area contributed by atoms with Crippen molar-refractivity contribution in [2.75, 3.05) is 13.1 Å². The smallest absolute Gasteiger partial charge is 0.140 e. The van der Waals surface area contributed by atoms with Crippen molar-refractivity contribution >= 4 is 5.78 Å². The Bertz CT molecular complexity index is 747. The number of nitrogens with zero attached hydrogens (tertiary/aromatic N) is 1. The molecule has 0 saturated carbocycles. The predicted octanol–water partition coefficient (Wildman–Crippen LogP) is 3.96. The van der Waals surface area contributed by atoms with Crippen LogP contribution >= 0.6 is 0 Å². The monoisotopic (exact) mass is 335 g/mol. The normalized spacial score (nSPS) is 22.8. The quantitative estimate of drug-likeness (QED) is 0.828. The number of Topliss-reactive ketones (excluding diaryl/α,β-unsaturated/α-hetero) is 1. The minimum atomic E-state index is 0.0907. The molecule has 0 aromatic heterocycles. The Labute approximate surface area is 149 Å². The SMILES string of the molecule is CC(=O)Cc1ccc(OC2c3ccccc3CC2N2CCCC2)cc1. The fraction of sp³-hybridized carbons (Fsp3) is 0.409. The average molecular weight is 335 g/mol. The lowest BCUT2D eigenvalue weighted by molar-refractivity contribution is -0.116. The van der Waals surface area contributed by atoms with Crippen molar-refractivity contribution < 1.29 is 9.53 Å². The van der Waals surface area contributed by atoms with Crippen LogP contribution in [-0.4, -0.2) is 29.8 Å². The van der Waals surface area contributed by atoms with Crippen molar-refractivity contribution in [3.05, 3.63) is 65.2 Å². The molecule has 0 amide bonds. The van der Waals surface area contributed by atoms with Gasteiger partial charge in [-0.15, -0.1) is 0 Å². The molecule has 2 aromatic carbocycles. The number of hydrogen-bond acceptors (Lipinski definition) is 3. The Hall–Kier alpha value is -2.13. The maximum absolute atomic E-state index is 11.3.